The Morgan fingerprint density at radius 3 is 2.74 bits per heavy atom. The minimum atomic E-state index is -0.349. The fourth-order valence-electron chi connectivity index (χ4n) is 2.54. The zero-order chi connectivity index (χ0) is 16.9. The number of fused-ring (bicyclic) bond motifs is 1. The molecule has 23 heavy (non-hydrogen) atoms. The predicted octanol–water partition coefficient (Wildman–Crippen LogP) is 0.963. The van der Waals surface area contributed by atoms with Crippen LogP contribution in [0, 0.1) is 20.8 Å². The quantitative estimate of drug-likeness (QED) is 0.348. The summed E-state index contributed by atoms with van der Waals surface area (Å²) < 4.78 is 2.88. The number of rotatable bonds is 2. The standard InChI is InChI=1S/C14H15BrN6O2/c1-6-4-21(23)9(8(3)7(6)2)5-20-12-10(17-14(20)22)11(15)18-13(16)19-12/h4H,5H2,1-3H3,(H3-,16,17,18,19,22,23)/p+1. The summed E-state index contributed by atoms with van der Waals surface area (Å²) >= 11 is 3.26. The number of aryl methyl sites for hydroxylation is 1. The molecule has 3 rings (SSSR count). The van der Waals surface area contributed by atoms with E-state index in [0.29, 0.717) is 21.5 Å². The molecule has 3 heterocycles. The largest absolute Gasteiger partial charge is 0.368 e. The second kappa shape index (κ2) is 5.34. The minimum absolute atomic E-state index is 0.0609. The first-order valence-electron chi connectivity index (χ1n) is 6.91. The van der Waals surface area contributed by atoms with E-state index in [1.807, 2.05) is 20.8 Å². The number of nitrogens with zero attached hydrogens (tertiary/aromatic N) is 4. The van der Waals surface area contributed by atoms with Gasteiger partial charge in [0.1, 0.15) is 16.7 Å². The van der Waals surface area contributed by atoms with Gasteiger partial charge in [0.05, 0.1) is 0 Å². The van der Waals surface area contributed by atoms with Crippen LogP contribution in [-0.4, -0.2) is 24.7 Å². The highest BCUT2D eigenvalue weighted by Gasteiger charge is 2.22. The zero-order valence-corrected chi connectivity index (χ0v) is 14.5. The summed E-state index contributed by atoms with van der Waals surface area (Å²) in [4.78, 5) is 23.1. The van der Waals surface area contributed by atoms with Gasteiger partial charge in [-0.25, -0.2) is 9.78 Å². The molecule has 0 atom stereocenters. The molecule has 0 radical (unpaired) electrons. The highest BCUT2D eigenvalue weighted by molar-refractivity contribution is 9.10. The molecule has 0 bridgehead atoms. The van der Waals surface area contributed by atoms with E-state index < -0.39 is 0 Å². The van der Waals surface area contributed by atoms with Crippen LogP contribution in [0.2, 0.25) is 0 Å². The molecule has 0 saturated heterocycles. The van der Waals surface area contributed by atoms with Crippen molar-refractivity contribution in [3.8, 4) is 0 Å². The van der Waals surface area contributed by atoms with Crippen LogP contribution < -0.4 is 16.2 Å². The van der Waals surface area contributed by atoms with Crippen molar-refractivity contribution in [3.63, 3.8) is 0 Å². The fraction of sp³-hybridized carbons (Fsp3) is 0.286. The van der Waals surface area contributed by atoms with Gasteiger partial charge >= 0.3 is 5.69 Å². The van der Waals surface area contributed by atoms with Crippen LogP contribution in [0.4, 0.5) is 5.95 Å². The maximum absolute atomic E-state index is 12.3. The molecule has 0 aliphatic carbocycles. The van der Waals surface area contributed by atoms with Crippen LogP contribution in [0.3, 0.4) is 0 Å². The number of nitrogens with one attached hydrogen (secondary N) is 1. The Morgan fingerprint density at radius 2 is 2.04 bits per heavy atom. The maximum atomic E-state index is 12.3. The Labute approximate surface area is 139 Å². The molecule has 0 fully saturated rings. The Hall–Kier alpha value is -2.42. The summed E-state index contributed by atoms with van der Waals surface area (Å²) in [6, 6.07) is 0. The molecule has 3 aromatic rings. The van der Waals surface area contributed by atoms with E-state index in [0.717, 1.165) is 21.4 Å². The number of hydrogen-bond acceptors (Lipinski definition) is 5. The molecule has 9 heteroatoms. The lowest BCUT2D eigenvalue weighted by Crippen LogP contribution is -2.39. The van der Waals surface area contributed by atoms with Gasteiger partial charge < -0.3 is 10.7 Å². The molecule has 0 aromatic carbocycles. The Bertz CT molecular complexity index is 991. The van der Waals surface area contributed by atoms with E-state index in [9.17, 15) is 10.0 Å². The molecule has 0 saturated carbocycles. The summed E-state index contributed by atoms with van der Waals surface area (Å²) in [5, 5.41) is 10.2. The third-order valence-electron chi connectivity index (χ3n) is 4.08. The molecule has 0 aliphatic rings. The molecular formula is C14H16BrN6O2+. The van der Waals surface area contributed by atoms with Gasteiger partial charge in [0, 0.05) is 15.9 Å². The summed E-state index contributed by atoms with van der Waals surface area (Å²) in [6.45, 7) is 5.96. The van der Waals surface area contributed by atoms with Gasteiger partial charge in [-0.15, -0.1) is 0 Å². The van der Waals surface area contributed by atoms with Gasteiger partial charge in [-0.1, -0.05) is 0 Å². The SMILES string of the molecule is Cc1c[n+](O)c(Cn2c(=O)[nH]c3c(Br)nc(N)nc32)c(C)c1C. The first-order valence-corrected chi connectivity index (χ1v) is 7.71. The average Bonchev–Trinajstić information content (AvgIpc) is 2.78. The number of anilines is 1. The number of H-pyrrole nitrogens is 1. The summed E-state index contributed by atoms with van der Waals surface area (Å²) in [7, 11) is 0. The molecule has 0 spiro atoms. The Balaban J connectivity index is 2.23. The monoisotopic (exact) mass is 379 g/mol. The molecular weight excluding hydrogens is 364 g/mol. The third kappa shape index (κ3) is 2.46. The lowest BCUT2D eigenvalue weighted by Gasteiger charge is -2.07. The number of pyridine rings is 1. The predicted molar refractivity (Wildman–Crippen MR) is 87.4 cm³/mol. The highest BCUT2D eigenvalue weighted by Crippen LogP contribution is 2.20. The number of aromatic nitrogens is 5. The number of imidazole rings is 1. The van der Waals surface area contributed by atoms with E-state index >= 15 is 0 Å². The molecule has 0 unspecified atom stereocenters. The van der Waals surface area contributed by atoms with E-state index in [1.165, 1.54) is 4.57 Å². The number of aromatic amines is 1. The molecule has 8 nitrogen and oxygen atoms in total. The third-order valence-corrected chi connectivity index (χ3v) is 4.66. The summed E-state index contributed by atoms with van der Waals surface area (Å²) in [5.74, 6) is 0.0609. The average molecular weight is 380 g/mol. The smallest absolute Gasteiger partial charge is 0.328 e. The normalized spacial score (nSPS) is 11.3. The van der Waals surface area contributed by atoms with Crippen LogP contribution in [0.15, 0.2) is 15.6 Å². The van der Waals surface area contributed by atoms with Crippen molar-refractivity contribution in [2.75, 3.05) is 5.73 Å². The number of hydrogen-bond donors (Lipinski definition) is 3. The van der Waals surface area contributed by atoms with Gasteiger partial charge in [0.2, 0.25) is 12.1 Å². The highest BCUT2D eigenvalue weighted by atomic mass is 79.9. The lowest BCUT2D eigenvalue weighted by molar-refractivity contribution is -0.910. The Kier molecular flexibility index (Phi) is 3.59. The molecule has 120 valence electrons. The van der Waals surface area contributed by atoms with Crippen LogP contribution in [0.5, 0.6) is 0 Å². The fourth-order valence-corrected chi connectivity index (χ4v) is 3.00. The van der Waals surface area contributed by atoms with Crippen molar-refractivity contribution in [1.29, 1.82) is 0 Å². The minimum Gasteiger partial charge on any atom is -0.368 e. The lowest BCUT2D eigenvalue weighted by atomic mass is 10.0. The van der Waals surface area contributed by atoms with E-state index in [-0.39, 0.29) is 18.2 Å². The molecule has 0 aliphatic heterocycles. The van der Waals surface area contributed by atoms with Crippen molar-refractivity contribution in [2.24, 2.45) is 0 Å². The van der Waals surface area contributed by atoms with Crippen molar-refractivity contribution in [3.05, 3.63) is 43.7 Å². The topological polar surface area (TPSA) is 114 Å². The van der Waals surface area contributed by atoms with E-state index in [2.05, 4.69) is 30.9 Å². The van der Waals surface area contributed by atoms with Crippen molar-refractivity contribution < 1.29 is 9.94 Å². The summed E-state index contributed by atoms with van der Waals surface area (Å²) in [5.41, 5.74) is 9.71. The van der Waals surface area contributed by atoms with Crippen LogP contribution in [-0.2, 0) is 6.54 Å². The van der Waals surface area contributed by atoms with Crippen molar-refractivity contribution in [2.45, 2.75) is 27.3 Å². The van der Waals surface area contributed by atoms with Gasteiger partial charge in [0.25, 0.3) is 5.69 Å². The number of halogens is 1. The van der Waals surface area contributed by atoms with Crippen LogP contribution in [0.25, 0.3) is 11.2 Å². The van der Waals surface area contributed by atoms with Gasteiger partial charge in [0.15, 0.2) is 5.65 Å². The van der Waals surface area contributed by atoms with E-state index in [4.69, 9.17) is 5.73 Å². The number of nitrogen functional groups attached to an aromatic ring is 1. The molecule has 4 N–H and O–H groups in total. The van der Waals surface area contributed by atoms with Gasteiger partial charge in [-0.3, -0.25) is 9.77 Å². The zero-order valence-electron chi connectivity index (χ0n) is 12.9. The molecule has 3 aromatic heterocycles. The first-order chi connectivity index (χ1) is 10.8. The second-order valence-corrected chi connectivity index (χ2v) is 6.19. The van der Waals surface area contributed by atoms with Crippen LogP contribution >= 0.6 is 15.9 Å². The first kappa shape index (κ1) is 15.5. The maximum Gasteiger partial charge on any atom is 0.328 e. The van der Waals surface area contributed by atoms with Gasteiger partial charge in [-0.05, 0) is 42.3 Å². The molecule has 0 amide bonds. The van der Waals surface area contributed by atoms with Crippen molar-refractivity contribution in [1.82, 2.24) is 19.5 Å². The summed E-state index contributed by atoms with van der Waals surface area (Å²) in [6.07, 6.45) is 1.62. The van der Waals surface area contributed by atoms with Crippen LogP contribution in [0.1, 0.15) is 22.4 Å². The van der Waals surface area contributed by atoms with E-state index in [1.54, 1.807) is 6.20 Å². The second-order valence-electron chi connectivity index (χ2n) is 5.44. The Morgan fingerprint density at radius 1 is 1.35 bits per heavy atom. The number of nitrogens with two attached hydrogens (primary N) is 1. The van der Waals surface area contributed by atoms with Gasteiger partial charge in [-0.2, -0.15) is 4.98 Å². The van der Waals surface area contributed by atoms with Crippen molar-refractivity contribution >= 4 is 33.0 Å².